The molecule has 0 aliphatic heterocycles. The number of sulfonamides is 1. The van der Waals surface area contributed by atoms with Crippen molar-refractivity contribution < 1.29 is 8.42 Å². The lowest BCUT2D eigenvalue weighted by molar-refractivity contribution is 0.391. The standard InChI is InChI=1S/C15H18N2O2S2/c1-12(13-8-6-7-11-16-13)17(2)21(18,19)15-10-5-4-9-14(15)20-3/h4-12H,1-3H3/t12-/m0/s1. The summed E-state index contributed by atoms with van der Waals surface area (Å²) in [5.74, 6) is 0. The van der Waals surface area contributed by atoms with Gasteiger partial charge in [0.25, 0.3) is 0 Å². The first kappa shape index (κ1) is 16.0. The van der Waals surface area contributed by atoms with Crippen LogP contribution in [0.25, 0.3) is 0 Å². The summed E-state index contributed by atoms with van der Waals surface area (Å²) in [6.07, 6.45) is 3.54. The van der Waals surface area contributed by atoms with E-state index < -0.39 is 10.0 Å². The van der Waals surface area contributed by atoms with E-state index in [1.54, 1.807) is 25.4 Å². The van der Waals surface area contributed by atoms with Gasteiger partial charge in [0.05, 0.1) is 16.6 Å². The summed E-state index contributed by atoms with van der Waals surface area (Å²) in [4.78, 5) is 5.32. The monoisotopic (exact) mass is 322 g/mol. The molecule has 0 bridgehead atoms. The maximum atomic E-state index is 12.8. The second-order valence-electron chi connectivity index (χ2n) is 4.60. The number of pyridine rings is 1. The van der Waals surface area contributed by atoms with E-state index in [1.807, 2.05) is 43.5 Å². The van der Waals surface area contributed by atoms with Gasteiger partial charge >= 0.3 is 0 Å². The Balaban J connectivity index is 2.39. The SMILES string of the molecule is CSc1ccccc1S(=O)(=O)N(C)[C@@H](C)c1ccccn1. The molecule has 1 atom stereocenters. The van der Waals surface area contributed by atoms with Crippen molar-refractivity contribution in [2.24, 2.45) is 0 Å². The summed E-state index contributed by atoms with van der Waals surface area (Å²) < 4.78 is 27.0. The lowest BCUT2D eigenvalue weighted by atomic mass is 10.2. The highest BCUT2D eigenvalue weighted by Crippen LogP contribution is 2.30. The van der Waals surface area contributed by atoms with Crippen LogP contribution in [-0.2, 0) is 10.0 Å². The fourth-order valence-electron chi connectivity index (χ4n) is 2.00. The van der Waals surface area contributed by atoms with Crippen LogP contribution in [-0.4, -0.2) is 31.0 Å². The van der Waals surface area contributed by atoms with Crippen molar-refractivity contribution in [2.45, 2.75) is 22.8 Å². The number of hydrogen-bond acceptors (Lipinski definition) is 4. The number of hydrogen-bond donors (Lipinski definition) is 0. The van der Waals surface area contributed by atoms with Crippen LogP contribution in [0.3, 0.4) is 0 Å². The molecule has 0 unspecified atom stereocenters. The van der Waals surface area contributed by atoms with Crippen LogP contribution in [0.15, 0.2) is 58.5 Å². The topological polar surface area (TPSA) is 50.3 Å². The van der Waals surface area contributed by atoms with Gasteiger partial charge in [0.15, 0.2) is 0 Å². The third-order valence-corrected chi connectivity index (χ3v) is 6.30. The molecule has 0 aliphatic rings. The van der Waals surface area contributed by atoms with E-state index in [0.717, 1.165) is 10.6 Å². The first-order valence-corrected chi connectivity index (χ1v) is 9.17. The first-order chi connectivity index (χ1) is 9.98. The molecule has 0 radical (unpaired) electrons. The van der Waals surface area contributed by atoms with E-state index in [2.05, 4.69) is 4.98 Å². The molecular formula is C15H18N2O2S2. The molecule has 0 saturated heterocycles. The van der Waals surface area contributed by atoms with Gasteiger partial charge in [-0.15, -0.1) is 11.8 Å². The maximum Gasteiger partial charge on any atom is 0.244 e. The number of rotatable bonds is 5. The highest BCUT2D eigenvalue weighted by Gasteiger charge is 2.28. The third-order valence-electron chi connectivity index (χ3n) is 3.39. The number of nitrogens with zero attached hydrogens (tertiary/aromatic N) is 2. The van der Waals surface area contributed by atoms with Gasteiger partial charge in [-0.25, -0.2) is 8.42 Å². The average Bonchev–Trinajstić information content (AvgIpc) is 2.54. The normalized spacial score (nSPS) is 13.3. The molecular weight excluding hydrogens is 304 g/mol. The highest BCUT2D eigenvalue weighted by molar-refractivity contribution is 7.99. The van der Waals surface area contributed by atoms with Crippen LogP contribution in [0.5, 0.6) is 0 Å². The molecule has 2 aromatic rings. The molecule has 6 heteroatoms. The Bertz CT molecular complexity index is 703. The lowest BCUT2D eigenvalue weighted by Gasteiger charge is -2.24. The van der Waals surface area contributed by atoms with Gasteiger partial charge in [0, 0.05) is 18.1 Å². The number of benzene rings is 1. The largest absolute Gasteiger partial charge is 0.260 e. The summed E-state index contributed by atoms with van der Waals surface area (Å²) in [7, 11) is -1.97. The second kappa shape index (κ2) is 6.60. The number of aromatic nitrogens is 1. The summed E-state index contributed by atoms with van der Waals surface area (Å²) >= 11 is 1.43. The Kier molecular flexibility index (Phi) is 5.03. The lowest BCUT2D eigenvalue weighted by Crippen LogP contribution is -2.30. The summed E-state index contributed by atoms with van der Waals surface area (Å²) in [5, 5.41) is 0. The van der Waals surface area contributed by atoms with Crippen molar-refractivity contribution in [1.82, 2.24) is 9.29 Å². The van der Waals surface area contributed by atoms with E-state index in [4.69, 9.17) is 0 Å². The third kappa shape index (κ3) is 3.28. The second-order valence-corrected chi connectivity index (χ2v) is 7.42. The summed E-state index contributed by atoms with van der Waals surface area (Å²) in [6, 6.07) is 12.2. The molecule has 0 aliphatic carbocycles. The van der Waals surface area contributed by atoms with E-state index in [1.165, 1.54) is 16.1 Å². The van der Waals surface area contributed by atoms with Gasteiger partial charge in [0.1, 0.15) is 0 Å². The quantitative estimate of drug-likeness (QED) is 0.793. The van der Waals surface area contributed by atoms with E-state index >= 15 is 0 Å². The van der Waals surface area contributed by atoms with E-state index in [-0.39, 0.29) is 6.04 Å². The van der Waals surface area contributed by atoms with Crippen molar-refractivity contribution in [2.75, 3.05) is 13.3 Å². The first-order valence-electron chi connectivity index (χ1n) is 6.50. The van der Waals surface area contributed by atoms with Gasteiger partial charge in [-0.1, -0.05) is 18.2 Å². The van der Waals surface area contributed by atoms with Gasteiger partial charge in [-0.05, 0) is 37.4 Å². The highest BCUT2D eigenvalue weighted by atomic mass is 32.2. The van der Waals surface area contributed by atoms with Crippen molar-refractivity contribution >= 4 is 21.8 Å². The zero-order chi connectivity index (χ0) is 15.5. The van der Waals surface area contributed by atoms with Gasteiger partial charge in [-0.2, -0.15) is 4.31 Å². The molecule has 1 heterocycles. The van der Waals surface area contributed by atoms with Gasteiger partial charge in [0.2, 0.25) is 10.0 Å². The van der Waals surface area contributed by atoms with Crippen LogP contribution in [0.1, 0.15) is 18.7 Å². The Morgan fingerprint density at radius 2 is 1.81 bits per heavy atom. The van der Waals surface area contributed by atoms with Crippen LogP contribution in [0.4, 0.5) is 0 Å². The molecule has 0 amide bonds. The van der Waals surface area contributed by atoms with Crippen molar-refractivity contribution in [3.63, 3.8) is 0 Å². The van der Waals surface area contributed by atoms with E-state index in [9.17, 15) is 8.42 Å². The fraction of sp³-hybridized carbons (Fsp3) is 0.267. The summed E-state index contributed by atoms with van der Waals surface area (Å²) in [6.45, 7) is 1.83. The molecule has 1 aromatic carbocycles. The molecule has 0 fully saturated rings. The summed E-state index contributed by atoms with van der Waals surface area (Å²) in [5.41, 5.74) is 0.727. The van der Waals surface area contributed by atoms with Crippen molar-refractivity contribution in [3.05, 3.63) is 54.4 Å². The van der Waals surface area contributed by atoms with Gasteiger partial charge in [-0.3, -0.25) is 4.98 Å². The van der Waals surface area contributed by atoms with Crippen LogP contribution < -0.4 is 0 Å². The minimum Gasteiger partial charge on any atom is -0.260 e. The minimum atomic E-state index is -3.56. The molecule has 21 heavy (non-hydrogen) atoms. The van der Waals surface area contributed by atoms with Crippen LogP contribution in [0, 0.1) is 0 Å². The molecule has 0 N–H and O–H groups in total. The molecule has 0 saturated carbocycles. The van der Waals surface area contributed by atoms with Crippen molar-refractivity contribution in [3.8, 4) is 0 Å². The molecule has 1 aromatic heterocycles. The zero-order valence-corrected chi connectivity index (χ0v) is 13.9. The average molecular weight is 322 g/mol. The van der Waals surface area contributed by atoms with E-state index in [0.29, 0.717) is 4.90 Å². The smallest absolute Gasteiger partial charge is 0.244 e. The Morgan fingerprint density at radius 3 is 2.43 bits per heavy atom. The number of thioether (sulfide) groups is 1. The zero-order valence-electron chi connectivity index (χ0n) is 12.2. The Morgan fingerprint density at radius 1 is 1.14 bits per heavy atom. The molecule has 4 nitrogen and oxygen atoms in total. The fourth-order valence-corrected chi connectivity index (χ4v) is 4.46. The molecule has 2 rings (SSSR count). The Labute approximate surface area is 130 Å². The van der Waals surface area contributed by atoms with Crippen LogP contribution in [0.2, 0.25) is 0 Å². The molecule has 0 spiro atoms. The minimum absolute atomic E-state index is 0.328. The predicted octanol–water partition coefficient (Wildman–Crippen LogP) is 3.19. The predicted molar refractivity (Wildman–Crippen MR) is 85.8 cm³/mol. The Hall–Kier alpha value is -1.37. The van der Waals surface area contributed by atoms with Gasteiger partial charge < -0.3 is 0 Å². The van der Waals surface area contributed by atoms with Crippen LogP contribution >= 0.6 is 11.8 Å². The van der Waals surface area contributed by atoms with Crippen molar-refractivity contribution in [1.29, 1.82) is 0 Å². The molecule has 112 valence electrons. The maximum absolute atomic E-state index is 12.8.